The van der Waals surface area contributed by atoms with E-state index in [4.69, 9.17) is 4.84 Å². The minimum atomic E-state index is -0.00951. The number of oxime groups is 1. The third-order valence-corrected chi connectivity index (χ3v) is 5.55. The molecule has 1 aromatic heterocycles. The molecule has 1 aliphatic carbocycles. The van der Waals surface area contributed by atoms with Crippen LogP contribution in [-0.2, 0) is 10.3 Å². The molecule has 2 aromatic rings. The zero-order valence-corrected chi connectivity index (χ0v) is 15.1. The van der Waals surface area contributed by atoms with Crippen LogP contribution in [0.1, 0.15) is 34.9 Å². The van der Waals surface area contributed by atoms with Crippen LogP contribution >= 0.6 is 11.3 Å². The Hall–Kier alpha value is -1.65. The molecule has 23 heavy (non-hydrogen) atoms. The summed E-state index contributed by atoms with van der Waals surface area (Å²) in [6, 6.07) is 10.9. The molecule has 0 N–H and O–H groups in total. The standard InChI is InChI=1S/C19H24N2OS/c1-14-7-5-6-8-15(14)19(2)13-17(18-16(19)9-12-23-18)20-22-11-10-21(3)4/h5-9,12H,10-11,13H2,1-4H3. The van der Waals surface area contributed by atoms with Crippen LogP contribution in [0.25, 0.3) is 0 Å². The van der Waals surface area contributed by atoms with Crippen LogP contribution in [0.4, 0.5) is 0 Å². The molecular weight excluding hydrogens is 304 g/mol. The summed E-state index contributed by atoms with van der Waals surface area (Å²) in [6.07, 6.45) is 0.905. The van der Waals surface area contributed by atoms with Crippen molar-refractivity contribution in [2.75, 3.05) is 27.2 Å². The molecule has 0 fully saturated rings. The van der Waals surface area contributed by atoms with Crippen LogP contribution in [0, 0.1) is 6.92 Å². The van der Waals surface area contributed by atoms with E-state index in [2.05, 4.69) is 59.6 Å². The van der Waals surface area contributed by atoms with Crippen molar-refractivity contribution in [3.8, 4) is 0 Å². The van der Waals surface area contributed by atoms with Gasteiger partial charge < -0.3 is 9.74 Å². The van der Waals surface area contributed by atoms with Crippen molar-refractivity contribution in [1.29, 1.82) is 0 Å². The molecule has 0 saturated heterocycles. The summed E-state index contributed by atoms with van der Waals surface area (Å²) in [5, 5.41) is 6.62. The van der Waals surface area contributed by atoms with E-state index in [-0.39, 0.29) is 5.41 Å². The Kier molecular flexibility index (Phi) is 4.55. The lowest BCUT2D eigenvalue weighted by molar-refractivity contribution is 0.125. The van der Waals surface area contributed by atoms with Crippen LogP contribution in [0.15, 0.2) is 40.9 Å². The maximum absolute atomic E-state index is 5.57. The average Bonchev–Trinajstić information content (AvgIpc) is 3.08. The van der Waals surface area contributed by atoms with Crippen molar-refractivity contribution in [3.63, 3.8) is 0 Å². The van der Waals surface area contributed by atoms with Crippen molar-refractivity contribution in [3.05, 3.63) is 57.3 Å². The number of nitrogens with zero attached hydrogens (tertiary/aromatic N) is 2. The molecule has 1 unspecified atom stereocenters. The van der Waals surface area contributed by atoms with E-state index in [0.29, 0.717) is 6.61 Å². The van der Waals surface area contributed by atoms with Gasteiger partial charge in [0.2, 0.25) is 0 Å². The second-order valence-corrected chi connectivity index (χ2v) is 7.58. The largest absolute Gasteiger partial charge is 0.394 e. The molecular formula is C19H24N2OS. The Morgan fingerprint density at radius 3 is 2.74 bits per heavy atom. The molecule has 0 radical (unpaired) electrons. The van der Waals surface area contributed by atoms with Crippen molar-refractivity contribution in [2.45, 2.75) is 25.7 Å². The normalized spacial score (nSPS) is 21.9. The molecule has 4 heteroatoms. The van der Waals surface area contributed by atoms with Gasteiger partial charge in [-0.05, 0) is 49.2 Å². The van der Waals surface area contributed by atoms with Crippen LogP contribution in [0.5, 0.6) is 0 Å². The molecule has 3 rings (SSSR count). The van der Waals surface area contributed by atoms with Crippen LogP contribution in [0.3, 0.4) is 0 Å². The van der Waals surface area contributed by atoms with E-state index in [1.54, 1.807) is 11.3 Å². The monoisotopic (exact) mass is 328 g/mol. The maximum Gasteiger partial charge on any atom is 0.129 e. The smallest absolute Gasteiger partial charge is 0.129 e. The zero-order valence-electron chi connectivity index (χ0n) is 14.3. The number of thiophene rings is 1. The van der Waals surface area contributed by atoms with Crippen molar-refractivity contribution in [1.82, 2.24) is 4.90 Å². The highest BCUT2D eigenvalue weighted by molar-refractivity contribution is 7.12. The summed E-state index contributed by atoms with van der Waals surface area (Å²) < 4.78 is 0. The van der Waals surface area contributed by atoms with Gasteiger partial charge >= 0.3 is 0 Å². The van der Waals surface area contributed by atoms with Gasteiger partial charge in [0.25, 0.3) is 0 Å². The molecule has 0 bridgehead atoms. The highest BCUT2D eigenvalue weighted by Crippen LogP contribution is 2.47. The number of hydrogen-bond acceptors (Lipinski definition) is 4. The Morgan fingerprint density at radius 1 is 1.22 bits per heavy atom. The van der Waals surface area contributed by atoms with E-state index in [9.17, 15) is 0 Å². The van der Waals surface area contributed by atoms with Gasteiger partial charge in [-0.3, -0.25) is 0 Å². The first-order chi connectivity index (χ1) is 11.0. The fourth-order valence-corrected chi connectivity index (χ4v) is 4.34. The lowest BCUT2D eigenvalue weighted by Crippen LogP contribution is -2.22. The molecule has 0 spiro atoms. The summed E-state index contributed by atoms with van der Waals surface area (Å²) in [6.45, 7) is 6.01. The Balaban J connectivity index is 1.89. The van der Waals surface area contributed by atoms with Crippen molar-refractivity contribution >= 4 is 17.0 Å². The highest BCUT2D eigenvalue weighted by atomic mass is 32.1. The molecule has 1 atom stereocenters. The lowest BCUT2D eigenvalue weighted by atomic mass is 9.76. The summed E-state index contributed by atoms with van der Waals surface area (Å²) in [4.78, 5) is 8.95. The average molecular weight is 328 g/mol. The Morgan fingerprint density at radius 2 is 2.00 bits per heavy atom. The fraction of sp³-hybridized carbons (Fsp3) is 0.421. The minimum absolute atomic E-state index is 0.00951. The number of likely N-dealkylation sites (N-methyl/N-ethyl adjacent to an activating group) is 1. The fourth-order valence-electron chi connectivity index (χ4n) is 3.33. The lowest BCUT2D eigenvalue weighted by Gasteiger charge is -2.26. The number of aryl methyl sites for hydroxylation is 1. The summed E-state index contributed by atoms with van der Waals surface area (Å²) >= 11 is 1.77. The predicted molar refractivity (Wildman–Crippen MR) is 97.6 cm³/mol. The summed E-state index contributed by atoms with van der Waals surface area (Å²) in [7, 11) is 4.08. The third kappa shape index (κ3) is 3.06. The first-order valence-electron chi connectivity index (χ1n) is 8.00. The molecule has 1 heterocycles. The predicted octanol–water partition coefficient (Wildman–Crippen LogP) is 4.05. The molecule has 1 aliphatic rings. The summed E-state index contributed by atoms with van der Waals surface area (Å²) in [5.41, 5.74) is 5.18. The SMILES string of the molecule is Cc1ccccc1C1(C)CC(=NOCCN(C)C)c2sccc21. The van der Waals surface area contributed by atoms with Crippen LogP contribution < -0.4 is 0 Å². The van der Waals surface area contributed by atoms with Crippen LogP contribution in [0.2, 0.25) is 0 Å². The van der Waals surface area contributed by atoms with Gasteiger partial charge in [-0.2, -0.15) is 0 Å². The van der Waals surface area contributed by atoms with E-state index in [1.165, 1.54) is 21.6 Å². The zero-order chi connectivity index (χ0) is 16.4. The van der Waals surface area contributed by atoms with Gasteiger partial charge in [-0.25, -0.2) is 0 Å². The number of rotatable bonds is 5. The van der Waals surface area contributed by atoms with Gasteiger partial charge in [0.15, 0.2) is 0 Å². The van der Waals surface area contributed by atoms with E-state index >= 15 is 0 Å². The van der Waals surface area contributed by atoms with Gasteiger partial charge in [0.1, 0.15) is 6.61 Å². The van der Waals surface area contributed by atoms with E-state index in [1.807, 2.05) is 14.1 Å². The van der Waals surface area contributed by atoms with E-state index < -0.39 is 0 Å². The minimum Gasteiger partial charge on any atom is -0.394 e. The van der Waals surface area contributed by atoms with Crippen molar-refractivity contribution < 1.29 is 4.84 Å². The topological polar surface area (TPSA) is 24.8 Å². The number of benzene rings is 1. The highest BCUT2D eigenvalue weighted by Gasteiger charge is 2.41. The second-order valence-electron chi connectivity index (χ2n) is 6.66. The third-order valence-electron chi connectivity index (χ3n) is 4.59. The molecule has 1 aromatic carbocycles. The Bertz CT molecular complexity index is 720. The number of hydrogen-bond donors (Lipinski definition) is 0. The molecule has 0 saturated carbocycles. The van der Waals surface area contributed by atoms with Gasteiger partial charge in [-0.15, -0.1) is 11.3 Å². The molecule has 0 aliphatic heterocycles. The summed E-state index contributed by atoms with van der Waals surface area (Å²) in [5.74, 6) is 0. The first-order valence-corrected chi connectivity index (χ1v) is 8.88. The van der Waals surface area contributed by atoms with Crippen molar-refractivity contribution in [2.24, 2.45) is 5.16 Å². The second kappa shape index (κ2) is 6.46. The first kappa shape index (κ1) is 16.2. The number of fused-ring (bicyclic) bond motifs is 1. The maximum atomic E-state index is 5.57. The quantitative estimate of drug-likeness (QED) is 0.611. The molecule has 3 nitrogen and oxygen atoms in total. The molecule has 122 valence electrons. The van der Waals surface area contributed by atoms with Gasteiger partial charge in [0.05, 0.1) is 10.6 Å². The Labute approximate surface area is 142 Å². The van der Waals surface area contributed by atoms with Crippen LogP contribution in [-0.4, -0.2) is 37.9 Å². The van der Waals surface area contributed by atoms with Gasteiger partial charge in [0, 0.05) is 18.4 Å². The van der Waals surface area contributed by atoms with Gasteiger partial charge in [-0.1, -0.05) is 36.3 Å². The molecule has 0 amide bonds. The van der Waals surface area contributed by atoms with E-state index in [0.717, 1.165) is 18.7 Å².